The lowest BCUT2D eigenvalue weighted by atomic mass is 9.88. The van der Waals surface area contributed by atoms with Crippen LogP contribution in [0.3, 0.4) is 0 Å². The number of carbonyl (C=O) groups excluding carboxylic acids is 1. The van der Waals surface area contributed by atoms with Crippen molar-refractivity contribution in [2.45, 2.75) is 32.6 Å². The van der Waals surface area contributed by atoms with Crippen LogP contribution in [0, 0.1) is 0 Å². The molecular formula is C37H39NO4. The Morgan fingerprint density at radius 3 is 1.83 bits per heavy atom. The van der Waals surface area contributed by atoms with Crippen molar-refractivity contribution in [3.8, 4) is 17.2 Å². The summed E-state index contributed by atoms with van der Waals surface area (Å²) in [7, 11) is 1.68. The van der Waals surface area contributed by atoms with E-state index in [0.717, 1.165) is 46.7 Å². The fourth-order valence-corrected chi connectivity index (χ4v) is 5.46. The van der Waals surface area contributed by atoms with Crippen molar-refractivity contribution in [1.82, 2.24) is 4.90 Å². The van der Waals surface area contributed by atoms with Gasteiger partial charge in [-0.25, -0.2) is 4.79 Å². The Bertz CT molecular complexity index is 1450. The minimum absolute atomic E-state index is 0.373. The molecule has 1 aliphatic heterocycles. The molecule has 5 rings (SSSR count). The molecule has 0 amide bonds. The highest BCUT2D eigenvalue weighted by molar-refractivity contribution is 5.99. The molecule has 1 heterocycles. The number of rotatable bonds is 11. The average molecular weight is 562 g/mol. The van der Waals surface area contributed by atoms with Crippen LogP contribution in [0.5, 0.6) is 17.2 Å². The molecule has 0 atom stereocenters. The third-order valence-electron chi connectivity index (χ3n) is 7.72. The van der Waals surface area contributed by atoms with Crippen molar-refractivity contribution in [1.29, 1.82) is 0 Å². The van der Waals surface area contributed by atoms with Crippen LogP contribution in [-0.4, -0.2) is 44.2 Å². The monoisotopic (exact) mass is 561 g/mol. The van der Waals surface area contributed by atoms with Crippen LogP contribution >= 0.6 is 0 Å². The molecule has 1 fully saturated rings. The van der Waals surface area contributed by atoms with Gasteiger partial charge in [0.2, 0.25) is 0 Å². The van der Waals surface area contributed by atoms with E-state index in [0.29, 0.717) is 17.9 Å². The number of likely N-dealkylation sites (tertiary alicyclic amines) is 1. The standard InChI is InChI=1S/C37H39NO4/c1-3-35(28-12-18-32(40-2)19-13-28)36(29-14-20-33(21-15-29)41-27-26-38-24-8-5-9-25-38)30-16-22-34(23-17-30)42-37(39)31-10-6-4-7-11-31/h4,6-7,10-23H,3,5,8-9,24-27H2,1-2H3/b36-35-. The van der Waals surface area contributed by atoms with E-state index in [-0.39, 0.29) is 5.97 Å². The summed E-state index contributed by atoms with van der Waals surface area (Å²) in [5.41, 5.74) is 6.14. The highest BCUT2D eigenvalue weighted by Gasteiger charge is 2.15. The first-order chi connectivity index (χ1) is 20.6. The molecule has 42 heavy (non-hydrogen) atoms. The molecule has 216 valence electrons. The lowest BCUT2D eigenvalue weighted by Crippen LogP contribution is -2.33. The summed E-state index contributed by atoms with van der Waals surface area (Å²) in [6.07, 6.45) is 4.75. The van der Waals surface area contributed by atoms with Crippen LogP contribution in [0.4, 0.5) is 0 Å². The molecule has 5 heteroatoms. The Morgan fingerprint density at radius 2 is 1.24 bits per heavy atom. The number of hydrogen-bond donors (Lipinski definition) is 0. The molecule has 4 aromatic rings. The van der Waals surface area contributed by atoms with Gasteiger partial charge in [0, 0.05) is 6.54 Å². The Kier molecular flexibility index (Phi) is 10.1. The fourth-order valence-electron chi connectivity index (χ4n) is 5.46. The largest absolute Gasteiger partial charge is 0.497 e. The lowest BCUT2D eigenvalue weighted by molar-refractivity contribution is 0.0734. The van der Waals surface area contributed by atoms with E-state index >= 15 is 0 Å². The summed E-state index contributed by atoms with van der Waals surface area (Å²) in [5, 5.41) is 0. The topological polar surface area (TPSA) is 48.0 Å². The van der Waals surface area contributed by atoms with Crippen LogP contribution in [0.2, 0.25) is 0 Å². The van der Waals surface area contributed by atoms with E-state index in [1.807, 2.05) is 54.6 Å². The van der Waals surface area contributed by atoms with Gasteiger partial charge in [0.1, 0.15) is 23.9 Å². The predicted octanol–water partition coefficient (Wildman–Crippen LogP) is 8.15. The lowest BCUT2D eigenvalue weighted by Gasteiger charge is -2.26. The smallest absolute Gasteiger partial charge is 0.343 e. The third-order valence-corrected chi connectivity index (χ3v) is 7.72. The van der Waals surface area contributed by atoms with Crippen molar-refractivity contribution in [2.75, 3.05) is 33.4 Å². The highest BCUT2D eigenvalue weighted by atomic mass is 16.5. The zero-order valence-electron chi connectivity index (χ0n) is 24.6. The van der Waals surface area contributed by atoms with Crippen molar-refractivity contribution < 1.29 is 19.0 Å². The van der Waals surface area contributed by atoms with Gasteiger partial charge in [0.15, 0.2) is 0 Å². The molecule has 4 aromatic carbocycles. The maximum Gasteiger partial charge on any atom is 0.343 e. The van der Waals surface area contributed by atoms with E-state index in [1.165, 1.54) is 37.9 Å². The molecule has 0 radical (unpaired) electrons. The van der Waals surface area contributed by atoms with Gasteiger partial charge in [-0.1, -0.05) is 67.9 Å². The maximum atomic E-state index is 12.6. The molecule has 5 nitrogen and oxygen atoms in total. The van der Waals surface area contributed by atoms with Gasteiger partial charge in [0.25, 0.3) is 0 Å². The van der Waals surface area contributed by atoms with E-state index in [9.17, 15) is 4.79 Å². The number of piperidine rings is 1. The number of methoxy groups -OCH3 is 1. The fraction of sp³-hybridized carbons (Fsp3) is 0.270. The van der Waals surface area contributed by atoms with Crippen LogP contribution in [0.15, 0.2) is 103 Å². The summed E-state index contributed by atoms with van der Waals surface area (Å²) >= 11 is 0. The number of nitrogens with zero attached hydrogens (tertiary/aromatic N) is 1. The normalized spacial score (nSPS) is 14.1. The second kappa shape index (κ2) is 14.5. The van der Waals surface area contributed by atoms with Gasteiger partial charge in [-0.05, 0) is 109 Å². The molecule has 0 N–H and O–H groups in total. The first-order valence-corrected chi connectivity index (χ1v) is 14.9. The average Bonchev–Trinajstić information content (AvgIpc) is 3.05. The van der Waals surface area contributed by atoms with Crippen LogP contribution in [-0.2, 0) is 0 Å². The number of ether oxygens (including phenoxy) is 3. The highest BCUT2D eigenvalue weighted by Crippen LogP contribution is 2.36. The van der Waals surface area contributed by atoms with Gasteiger partial charge in [0.05, 0.1) is 12.7 Å². The quantitative estimate of drug-likeness (QED) is 0.105. The van der Waals surface area contributed by atoms with Crippen LogP contribution in [0.1, 0.15) is 59.7 Å². The summed E-state index contributed by atoms with van der Waals surface area (Å²) in [5.74, 6) is 1.83. The summed E-state index contributed by atoms with van der Waals surface area (Å²) < 4.78 is 17.2. The van der Waals surface area contributed by atoms with Gasteiger partial charge in [-0.15, -0.1) is 0 Å². The molecule has 0 saturated carbocycles. The zero-order chi connectivity index (χ0) is 29.1. The van der Waals surface area contributed by atoms with Crippen molar-refractivity contribution in [3.05, 3.63) is 125 Å². The first kappa shape index (κ1) is 29.2. The van der Waals surface area contributed by atoms with Crippen molar-refractivity contribution >= 4 is 17.1 Å². The van der Waals surface area contributed by atoms with Crippen molar-refractivity contribution in [3.63, 3.8) is 0 Å². The first-order valence-electron chi connectivity index (χ1n) is 14.9. The maximum absolute atomic E-state index is 12.6. The Hall–Kier alpha value is -4.35. The summed E-state index contributed by atoms with van der Waals surface area (Å²) in [6.45, 7) is 6.17. The number of carbonyl (C=O) groups is 1. The van der Waals surface area contributed by atoms with E-state index in [4.69, 9.17) is 14.2 Å². The zero-order valence-corrected chi connectivity index (χ0v) is 24.6. The third kappa shape index (κ3) is 7.48. The second-order valence-electron chi connectivity index (χ2n) is 10.5. The molecule has 0 aromatic heterocycles. The van der Waals surface area contributed by atoms with Crippen molar-refractivity contribution in [2.24, 2.45) is 0 Å². The van der Waals surface area contributed by atoms with Gasteiger partial charge in [-0.3, -0.25) is 4.90 Å². The minimum atomic E-state index is -0.373. The Labute approximate surface area is 249 Å². The second-order valence-corrected chi connectivity index (χ2v) is 10.5. The molecule has 0 spiro atoms. The molecule has 1 aliphatic rings. The molecule has 0 unspecified atom stereocenters. The van der Waals surface area contributed by atoms with E-state index in [2.05, 4.69) is 48.2 Å². The number of hydrogen-bond acceptors (Lipinski definition) is 5. The molecule has 0 aliphatic carbocycles. The van der Waals surface area contributed by atoms with E-state index < -0.39 is 0 Å². The Morgan fingerprint density at radius 1 is 0.667 bits per heavy atom. The van der Waals surface area contributed by atoms with Crippen LogP contribution < -0.4 is 14.2 Å². The minimum Gasteiger partial charge on any atom is -0.497 e. The van der Waals surface area contributed by atoms with Gasteiger partial charge >= 0.3 is 5.97 Å². The van der Waals surface area contributed by atoms with E-state index in [1.54, 1.807) is 19.2 Å². The summed E-state index contributed by atoms with van der Waals surface area (Å²) in [6, 6.07) is 33.4. The number of allylic oxidation sites excluding steroid dienone is 1. The SMILES string of the molecule is CC/C(=C(\c1ccc(OCCN2CCCCC2)cc1)c1ccc(OC(=O)c2ccccc2)cc1)c1ccc(OC)cc1. The predicted molar refractivity (Wildman–Crippen MR) is 169 cm³/mol. The molecule has 1 saturated heterocycles. The Balaban J connectivity index is 1.41. The summed E-state index contributed by atoms with van der Waals surface area (Å²) in [4.78, 5) is 15.1. The van der Waals surface area contributed by atoms with Gasteiger partial charge < -0.3 is 14.2 Å². The number of benzene rings is 4. The van der Waals surface area contributed by atoms with Gasteiger partial charge in [-0.2, -0.15) is 0 Å². The van der Waals surface area contributed by atoms with Crippen LogP contribution in [0.25, 0.3) is 11.1 Å². The molecule has 0 bridgehead atoms. The molecular weight excluding hydrogens is 522 g/mol. The number of esters is 1.